The van der Waals surface area contributed by atoms with Gasteiger partial charge in [-0.05, 0) is 36.9 Å². The zero-order valence-electron chi connectivity index (χ0n) is 11.7. The molecule has 0 radical (unpaired) electrons. The molecule has 0 saturated heterocycles. The van der Waals surface area contributed by atoms with Crippen LogP contribution in [-0.4, -0.2) is 19.5 Å². The van der Waals surface area contributed by atoms with Crippen LogP contribution in [0.2, 0.25) is 0 Å². The van der Waals surface area contributed by atoms with Gasteiger partial charge in [-0.15, -0.1) is 0 Å². The lowest BCUT2D eigenvalue weighted by molar-refractivity contribution is -0.115. The van der Waals surface area contributed by atoms with Crippen molar-refractivity contribution in [3.63, 3.8) is 0 Å². The van der Waals surface area contributed by atoms with Gasteiger partial charge in [-0.2, -0.15) is 0 Å². The van der Waals surface area contributed by atoms with Gasteiger partial charge >= 0.3 is 0 Å². The average molecular weight is 346 g/mol. The quantitative estimate of drug-likeness (QED) is 0.897. The molecule has 0 aliphatic carbocycles. The van der Waals surface area contributed by atoms with Gasteiger partial charge in [0.05, 0.1) is 11.4 Å². The van der Waals surface area contributed by atoms with Gasteiger partial charge in [0.2, 0.25) is 5.91 Å². The van der Waals surface area contributed by atoms with Crippen LogP contribution in [0.25, 0.3) is 0 Å². The van der Waals surface area contributed by atoms with Crippen LogP contribution in [0.5, 0.6) is 0 Å². The van der Waals surface area contributed by atoms with Crippen LogP contribution in [0.15, 0.2) is 46.9 Å². The van der Waals surface area contributed by atoms with Gasteiger partial charge in [0.15, 0.2) is 0 Å². The summed E-state index contributed by atoms with van der Waals surface area (Å²) in [7, 11) is 1.92. The van der Waals surface area contributed by atoms with E-state index in [1.54, 1.807) is 0 Å². The first-order valence-corrected chi connectivity index (χ1v) is 7.58. The summed E-state index contributed by atoms with van der Waals surface area (Å²) in [5, 5.41) is 6.09. The fraction of sp³-hybridized carbons (Fsp3) is 0.188. The second-order valence-electron chi connectivity index (χ2n) is 4.95. The number of amides is 1. The van der Waals surface area contributed by atoms with Crippen molar-refractivity contribution in [3.05, 3.63) is 52.5 Å². The highest BCUT2D eigenvalue weighted by molar-refractivity contribution is 9.10. The Balaban J connectivity index is 2.12. The van der Waals surface area contributed by atoms with Crippen LogP contribution in [0.1, 0.15) is 5.56 Å². The number of carbonyl (C=O) groups excluding carboxylic acids is 1. The summed E-state index contributed by atoms with van der Waals surface area (Å²) in [5.41, 5.74) is 4.07. The van der Waals surface area contributed by atoms with Crippen LogP contribution in [0.3, 0.4) is 0 Å². The molecule has 0 unspecified atom stereocenters. The van der Waals surface area contributed by atoms with Crippen LogP contribution in [0, 0.1) is 0 Å². The molecule has 2 N–H and O–H groups in total. The zero-order chi connectivity index (χ0) is 14.8. The minimum atomic E-state index is 0.00378. The second-order valence-corrected chi connectivity index (χ2v) is 5.87. The Bertz CT molecular complexity index is 687. The number of carbonyl (C=O) groups is 1. The van der Waals surface area contributed by atoms with Crippen molar-refractivity contribution in [2.45, 2.75) is 6.54 Å². The highest BCUT2D eigenvalue weighted by Crippen LogP contribution is 2.37. The van der Waals surface area contributed by atoms with Crippen molar-refractivity contribution < 1.29 is 4.79 Å². The van der Waals surface area contributed by atoms with E-state index < -0.39 is 0 Å². The Kier molecular flexibility index (Phi) is 3.94. The van der Waals surface area contributed by atoms with Crippen molar-refractivity contribution >= 4 is 38.9 Å². The summed E-state index contributed by atoms with van der Waals surface area (Å²) >= 11 is 3.52. The molecule has 0 bridgehead atoms. The number of hydrogen-bond donors (Lipinski definition) is 2. The number of fused-ring (bicyclic) bond motifs is 1. The smallest absolute Gasteiger partial charge is 0.244 e. The number of nitrogens with one attached hydrogen (secondary N) is 2. The van der Waals surface area contributed by atoms with Crippen molar-refractivity contribution in [1.29, 1.82) is 0 Å². The third kappa shape index (κ3) is 2.80. The average Bonchev–Trinajstić information content (AvgIpc) is 2.48. The van der Waals surface area contributed by atoms with E-state index in [0.717, 1.165) is 33.6 Å². The summed E-state index contributed by atoms with van der Waals surface area (Å²) in [5.74, 6) is 0.00378. The van der Waals surface area contributed by atoms with Gasteiger partial charge in [0.25, 0.3) is 0 Å². The number of nitrogens with zero attached hydrogens (tertiary/aromatic N) is 1. The standard InChI is InChI=1S/C16H16BrN3O/c1-18-9-11-6-7-12(17)8-15(11)20-10-16(21)19-13-4-2-3-5-14(13)20/h2-8,18H,9-10H2,1H3,(H,19,21). The lowest BCUT2D eigenvalue weighted by Gasteiger charge is -2.32. The molecule has 0 fully saturated rings. The fourth-order valence-corrected chi connectivity index (χ4v) is 2.93. The predicted molar refractivity (Wildman–Crippen MR) is 89.0 cm³/mol. The molecule has 2 aromatic rings. The molecular formula is C16H16BrN3O. The van der Waals surface area contributed by atoms with Gasteiger partial charge in [-0.25, -0.2) is 0 Å². The molecule has 5 heteroatoms. The summed E-state index contributed by atoms with van der Waals surface area (Å²) in [6, 6.07) is 14.0. The third-order valence-corrected chi connectivity index (χ3v) is 3.97. The van der Waals surface area contributed by atoms with Gasteiger partial charge in [0, 0.05) is 16.7 Å². The topological polar surface area (TPSA) is 44.4 Å². The number of benzene rings is 2. The predicted octanol–water partition coefficient (Wildman–Crippen LogP) is 3.26. The second kappa shape index (κ2) is 5.87. The van der Waals surface area contributed by atoms with E-state index in [2.05, 4.69) is 43.6 Å². The lowest BCUT2D eigenvalue weighted by Crippen LogP contribution is -2.35. The number of halogens is 1. The Morgan fingerprint density at radius 1 is 1.24 bits per heavy atom. The third-order valence-electron chi connectivity index (χ3n) is 3.48. The van der Waals surface area contributed by atoms with Crippen molar-refractivity contribution in [1.82, 2.24) is 5.32 Å². The maximum atomic E-state index is 12.0. The molecule has 3 rings (SSSR count). The first kappa shape index (κ1) is 14.1. The van der Waals surface area contributed by atoms with E-state index in [0.29, 0.717) is 6.54 Å². The van der Waals surface area contributed by atoms with Crippen LogP contribution in [0.4, 0.5) is 17.1 Å². The van der Waals surface area contributed by atoms with E-state index in [1.807, 2.05) is 37.4 Å². The highest BCUT2D eigenvalue weighted by Gasteiger charge is 2.24. The van der Waals surface area contributed by atoms with E-state index in [-0.39, 0.29) is 5.91 Å². The van der Waals surface area contributed by atoms with E-state index in [1.165, 1.54) is 0 Å². The SMILES string of the molecule is CNCc1ccc(Br)cc1N1CC(=O)Nc2ccccc21. The lowest BCUT2D eigenvalue weighted by atomic mass is 10.1. The Morgan fingerprint density at radius 2 is 2.05 bits per heavy atom. The largest absolute Gasteiger partial charge is 0.330 e. The summed E-state index contributed by atoms with van der Waals surface area (Å²) in [4.78, 5) is 14.0. The first-order valence-electron chi connectivity index (χ1n) is 6.78. The molecular weight excluding hydrogens is 330 g/mol. The van der Waals surface area contributed by atoms with Gasteiger partial charge in [-0.3, -0.25) is 4.79 Å². The van der Waals surface area contributed by atoms with Gasteiger partial charge in [0.1, 0.15) is 6.54 Å². The number of hydrogen-bond acceptors (Lipinski definition) is 3. The van der Waals surface area contributed by atoms with E-state index in [4.69, 9.17) is 0 Å². The summed E-state index contributed by atoms with van der Waals surface area (Å²) in [6.07, 6.45) is 0. The van der Waals surface area contributed by atoms with Gasteiger partial charge in [-0.1, -0.05) is 34.1 Å². The Morgan fingerprint density at radius 3 is 2.86 bits per heavy atom. The minimum absolute atomic E-state index is 0.00378. The maximum Gasteiger partial charge on any atom is 0.244 e. The summed E-state index contributed by atoms with van der Waals surface area (Å²) < 4.78 is 1.00. The summed E-state index contributed by atoms with van der Waals surface area (Å²) in [6.45, 7) is 1.08. The van der Waals surface area contributed by atoms with Crippen LogP contribution >= 0.6 is 15.9 Å². The van der Waals surface area contributed by atoms with E-state index >= 15 is 0 Å². The molecule has 0 saturated carbocycles. The molecule has 1 heterocycles. The van der Waals surface area contributed by atoms with Gasteiger partial charge < -0.3 is 15.5 Å². The molecule has 0 spiro atoms. The van der Waals surface area contributed by atoms with Crippen molar-refractivity contribution in [2.24, 2.45) is 0 Å². The van der Waals surface area contributed by atoms with Crippen molar-refractivity contribution in [2.75, 3.05) is 23.8 Å². The minimum Gasteiger partial charge on any atom is -0.330 e. The normalized spacial score (nSPS) is 13.8. The first-order chi connectivity index (χ1) is 10.2. The molecule has 1 aliphatic heterocycles. The molecule has 0 aromatic heterocycles. The fourth-order valence-electron chi connectivity index (χ4n) is 2.58. The molecule has 4 nitrogen and oxygen atoms in total. The number of para-hydroxylation sites is 2. The Labute approximate surface area is 132 Å². The Hall–Kier alpha value is -1.85. The zero-order valence-corrected chi connectivity index (χ0v) is 13.3. The number of anilines is 3. The molecule has 1 aliphatic rings. The molecule has 0 atom stereocenters. The maximum absolute atomic E-state index is 12.0. The highest BCUT2D eigenvalue weighted by atomic mass is 79.9. The van der Waals surface area contributed by atoms with E-state index in [9.17, 15) is 4.79 Å². The van der Waals surface area contributed by atoms with Crippen LogP contribution in [-0.2, 0) is 11.3 Å². The molecule has 21 heavy (non-hydrogen) atoms. The molecule has 1 amide bonds. The molecule has 108 valence electrons. The van der Waals surface area contributed by atoms with Crippen LogP contribution < -0.4 is 15.5 Å². The molecule has 2 aromatic carbocycles. The van der Waals surface area contributed by atoms with Crippen molar-refractivity contribution in [3.8, 4) is 0 Å². The number of rotatable bonds is 3. The monoisotopic (exact) mass is 345 g/mol.